The smallest absolute Gasteiger partial charge is 0.276 e. The van der Waals surface area contributed by atoms with Crippen LogP contribution in [0, 0.1) is 5.41 Å². The standard InChI is InChI=1S/C32H40N8O3/c1-19-25-14-28(35-40(25)11-8-36(19)4)34-24-12-21(17-37(5)30(24)42)22-6-7-33-29(23(22)18-41)39-10-9-38-26(31(39)43)13-20-15-32(2,3)16-27(20)38/h6-7,12-14,17,19,30,41-42H,8-11,15-16,18H2,1-5H3,(H,34,35)/t19-,30?/m1/s1. The first-order valence-corrected chi connectivity index (χ1v) is 15.1. The van der Waals surface area contributed by atoms with Gasteiger partial charge in [-0.15, -0.1) is 0 Å². The molecule has 11 nitrogen and oxygen atoms in total. The molecule has 0 spiro atoms. The maximum Gasteiger partial charge on any atom is 0.276 e. The molecule has 226 valence electrons. The molecule has 0 saturated carbocycles. The number of nitrogens with one attached hydrogen (secondary N) is 1. The van der Waals surface area contributed by atoms with Crippen LogP contribution in [0.25, 0.3) is 5.57 Å². The molecule has 2 atom stereocenters. The normalized spacial score (nSPS) is 23.1. The number of rotatable bonds is 5. The Morgan fingerprint density at radius 1 is 1.12 bits per heavy atom. The summed E-state index contributed by atoms with van der Waals surface area (Å²) >= 11 is 0. The number of likely N-dealkylation sites (N-methyl/N-ethyl adjacent to an activating group) is 2. The van der Waals surface area contributed by atoms with Crippen LogP contribution in [0.5, 0.6) is 0 Å². The third-order valence-corrected chi connectivity index (χ3v) is 9.54. The zero-order valence-electron chi connectivity index (χ0n) is 25.5. The van der Waals surface area contributed by atoms with Gasteiger partial charge >= 0.3 is 0 Å². The van der Waals surface area contributed by atoms with Crippen LogP contribution < -0.4 is 10.2 Å². The number of hydrogen-bond donors (Lipinski definition) is 3. The number of aliphatic hydroxyl groups is 2. The minimum absolute atomic E-state index is 0.0931. The highest BCUT2D eigenvalue weighted by atomic mass is 16.3. The van der Waals surface area contributed by atoms with Gasteiger partial charge in [0.25, 0.3) is 5.91 Å². The van der Waals surface area contributed by atoms with Crippen LogP contribution in [-0.2, 0) is 32.5 Å². The highest BCUT2D eigenvalue weighted by molar-refractivity contribution is 6.06. The van der Waals surface area contributed by atoms with E-state index in [1.54, 1.807) is 23.0 Å². The lowest BCUT2D eigenvalue weighted by atomic mass is 9.90. The lowest BCUT2D eigenvalue weighted by Gasteiger charge is -2.32. The van der Waals surface area contributed by atoms with Gasteiger partial charge in [-0.25, -0.2) is 4.98 Å². The van der Waals surface area contributed by atoms with Crippen LogP contribution in [-0.4, -0.2) is 78.7 Å². The second kappa shape index (κ2) is 10.1. The fourth-order valence-electron chi connectivity index (χ4n) is 7.12. The maximum atomic E-state index is 13.8. The zero-order valence-corrected chi connectivity index (χ0v) is 25.5. The van der Waals surface area contributed by atoms with Crippen molar-refractivity contribution in [3.05, 3.63) is 76.1 Å². The highest BCUT2D eigenvalue weighted by Gasteiger charge is 2.38. The predicted octanol–water partition coefficient (Wildman–Crippen LogP) is 2.96. The van der Waals surface area contributed by atoms with Crippen molar-refractivity contribution < 1.29 is 15.0 Å². The third-order valence-electron chi connectivity index (χ3n) is 9.54. The van der Waals surface area contributed by atoms with E-state index in [4.69, 9.17) is 5.10 Å². The Bertz CT molecular complexity index is 1680. The third kappa shape index (κ3) is 4.57. The van der Waals surface area contributed by atoms with Gasteiger partial charge < -0.3 is 25.0 Å². The van der Waals surface area contributed by atoms with Crippen LogP contribution >= 0.6 is 0 Å². The SMILES string of the molecule is C[C@@H]1c2cc(NC3=CC(c4ccnc(N5CCn6c(cc7c6CC(C)(C)C7)C5=O)c4CO)=CN(C)C3O)nn2CCN1C. The monoisotopic (exact) mass is 584 g/mol. The first-order valence-electron chi connectivity index (χ1n) is 15.1. The molecule has 1 unspecified atom stereocenters. The highest BCUT2D eigenvalue weighted by Crippen LogP contribution is 2.40. The van der Waals surface area contributed by atoms with Crippen LogP contribution in [0.2, 0.25) is 0 Å². The Balaban J connectivity index is 1.20. The molecule has 7 rings (SSSR count). The number of amides is 1. The first-order chi connectivity index (χ1) is 20.5. The van der Waals surface area contributed by atoms with E-state index in [-0.39, 0.29) is 24.0 Å². The van der Waals surface area contributed by atoms with Gasteiger partial charge in [0, 0.05) is 68.0 Å². The van der Waals surface area contributed by atoms with Crippen LogP contribution in [0.4, 0.5) is 11.6 Å². The fraction of sp³-hybridized carbons (Fsp3) is 0.469. The van der Waals surface area contributed by atoms with Crippen molar-refractivity contribution in [2.24, 2.45) is 5.41 Å². The van der Waals surface area contributed by atoms with Crippen molar-refractivity contribution in [2.75, 3.05) is 37.4 Å². The minimum atomic E-state index is -0.898. The Morgan fingerprint density at radius 2 is 1.93 bits per heavy atom. The fourth-order valence-corrected chi connectivity index (χ4v) is 7.12. The van der Waals surface area contributed by atoms with Crippen molar-refractivity contribution >= 4 is 23.1 Å². The van der Waals surface area contributed by atoms with Crippen molar-refractivity contribution in [3.8, 4) is 0 Å². The number of pyridine rings is 1. The van der Waals surface area contributed by atoms with Gasteiger partial charge in [-0.1, -0.05) is 13.8 Å². The summed E-state index contributed by atoms with van der Waals surface area (Å²) in [6, 6.07) is 6.18. The predicted molar refractivity (Wildman–Crippen MR) is 164 cm³/mol. The second-order valence-corrected chi connectivity index (χ2v) is 13.1. The minimum Gasteiger partial charge on any atom is -0.392 e. The average molecular weight is 585 g/mol. The van der Waals surface area contributed by atoms with Gasteiger partial charge in [0.15, 0.2) is 12.0 Å². The Kier molecular flexibility index (Phi) is 6.53. The molecule has 4 aliphatic rings. The maximum absolute atomic E-state index is 13.8. The zero-order chi connectivity index (χ0) is 30.2. The van der Waals surface area contributed by atoms with E-state index in [1.165, 1.54) is 11.3 Å². The van der Waals surface area contributed by atoms with Gasteiger partial charge in [-0.05, 0) is 61.6 Å². The van der Waals surface area contributed by atoms with E-state index < -0.39 is 6.23 Å². The molecular weight excluding hydrogens is 544 g/mol. The summed E-state index contributed by atoms with van der Waals surface area (Å²) in [6.07, 6.45) is 6.45. The van der Waals surface area contributed by atoms with Crippen LogP contribution in [0.3, 0.4) is 0 Å². The van der Waals surface area contributed by atoms with E-state index >= 15 is 0 Å². The molecule has 1 aliphatic carbocycles. The molecule has 0 saturated heterocycles. The summed E-state index contributed by atoms with van der Waals surface area (Å²) in [4.78, 5) is 24.1. The summed E-state index contributed by atoms with van der Waals surface area (Å²) in [7, 11) is 3.91. The van der Waals surface area contributed by atoms with E-state index in [0.29, 0.717) is 41.7 Å². The number of carbonyl (C=O) groups is 1. The Hall–Kier alpha value is -3.93. The molecule has 0 fully saturated rings. The summed E-state index contributed by atoms with van der Waals surface area (Å²) in [6.45, 7) is 9.33. The summed E-state index contributed by atoms with van der Waals surface area (Å²) in [5.41, 5.74) is 7.26. The number of aromatic nitrogens is 4. The van der Waals surface area contributed by atoms with Gasteiger partial charge in [0.1, 0.15) is 11.5 Å². The molecule has 6 heterocycles. The number of aliphatic hydroxyl groups excluding tert-OH is 2. The number of allylic oxidation sites excluding steroid dienone is 2. The molecular formula is C32H40N8O3. The van der Waals surface area contributed by atoms with Crippen LogP contribution in [0.15, 0.2) is 42.4 Å². The molecule has 1 amide bonds. The van der Waals surface area contributed by atoms with E-state index in [9.17, 15) is 15.0 Å². The van der Waals surface area contributed by atoms with Crippen molar-refractivity contribution in [2.45, 2.75) is 65.6 Å². The quantitative estimate of drug-likeness (QED) is 0.420. The molecule has 43 heavy (non-hydrogen) atoms. The molecule has 3 aromatic heterocycles. The Morgan fingerprint density at radius 3 is 2.72 bits per heavy atom. The lowest BCUT2D eigenvalue weighted by Crippen LogP contribution is -2.41. The molecule has 0 radical (unpaired) electrons. The summed E-state index contributed by atoms with van der Waals surface area (Å²) in [5.74, 6) is 1.05. The molecule has 3 aromatic rings. The van der Waals surface area contributed by atoms with Crippen molar-refractivity contribution in [1.82, 2.24) is 29.1 Å². The number of nitrogens with zero attached hydrogens (tertiary/aromatic N) is 7. The number of carbonyl (C=O) groups excluding carboxylic acids is 1. The van der Waals surface area contributed by atoms with Crippen molar-refractivity contribution in [3.63, 3.8) is 0 Å². The van der Waals surface area contributed by atoms with Crippen molar-refractivity contribution in [1.29, 1.82) is 0 Å². The average Bonchev–Trinajstić information content (AvgIpc) is 3.63. The van der Waals surface area contributed by atoms with E-state index in [0.717, 1.165) is 42.8 Å². The van der Waals surface area contributed by atoms with E-state index in [1.807, 2.05) is 35.2 Å². The molecule has 0 bridgehead atoms. The van der Waals surface area contributed by atoms with Gasteiger partial charge in [0.05, 0.1) is 24.5 Å². The second-order valence-electron chi connectivity index (χ2n) is 13.1. The largest absolute Gasteiger partial charge is 0.392 e. The van der Waals surface area contributed by atoms with E-state index in [2.05, 4.69) is 47.6 Å². The van der Waals surface area contributed by atoms with Crippen LogP contribution in [0.1, 0.15) is 65.4 Å². The first kappa shape index (κ1) is 27.9. The number of hydrogen-bond acceptors (Lipinski definition) is 8. The number of anilines is 2. The molecule has 3 N–H and O–H groups in total. The lowest BCUT2D eigenvalue weighted by molar-refractivity contribution is 0.0878. The topological polar surface area (TPSA) is 115 Å². The van der Waals surface area contributed by atoms with Gasteiger partial charge in [-0.2, -0.15) is 5.10 Å². The Labute approximate surface area is 251 Å². The molecule has 0 aromatic carbocycles. The summed E-state index contributed by atoms with van der Waals surface area (Å²) < 4.78 is 4.20. The van der Waals surface area contributed by atoms with Gasteiger partial charge in [0.2, 0.25) is 0 Å². The van der Waals surface area contributed by atoms with Gasteiger partial charge in [-0.3, -0.25) is 19.3 Å². The summed E-state index contributed by atoms with van der Waals surface area (Å²) in [5, 5.41) is 29.8. The number of fused-ring (bicyclic) bond motifs is 4. The molecule has 3 aliphatic heterocycles. The molecule has 11 heteroatoms.